The SMILES string of the molecule is Fc1cc(Cl)c2c(c1)C=CC2. The fourth-order valence-corrected chi connectivity index (χ4v) is 1.58. The molecule has 1 aliphatic rings. The molecule has 0 radical (unpaired) electrons. The monoisotopic (exact) mass is 168 g/mol. The van der Waals surface area contributed by atoms with Gasteiger partial charge >= 0.3 is 0 Å². The van der Waals surface area contributed by atoms with Gasteiger partial charge in [-0.1, -0.05) is 23.8 Å². The number of rotatable bonds is 0. The highest BCUT2D eigenvalue weighted by Crippen LogP contribution is 2.27. The quantitative estimate of drug-likeness (QED) is 0.559. The zero-order chi connectivity index (χ0) is 7.84. The van der Waals surface area contributed by atoms with Gasteiger partial charge in [-0.05, 0) is 29.7 Å². The molecule has 1 aromatic carbocycles. The predicted octanol–water partition coefficient (Wildman–Crippen LogP) is 3.05. The Balaban J connectivity index is 2.66. The van der Waals surface area contributed by atoms with Gasteiger partial charge in [-0.2, -0.15) is 0 Å². The molecule has 0 unspecified atom stereocenters. The lowest BCUT2D eigenvalue weighted by atomic mass is 10.1. The molecular weight excluding hydrogens is 163 g/mol. The van der Waals surface area contributed by atoms with Crippen LogP contribution in [0.2, 0.25) is 5.02 Å². The van der Waals surface area contributed by atoms with Crippen LogP contribution in [0.1, 0.15) is 11.1 Å². The molecule has 2 heteroatoms. The maximum absolute atomic E-state index is 12.7. The second kappa shape index (κ2) is 2.35. The summed E-state index contributed by atoms with van der Waals surface area (Å²) >= 11 is 5.79. The van der Waals surface area contributed by atoms with E-state index in [0.717, 1.165) is 17.5 Å². The van der Waals surface area contributed by atoms with Gasteiger partial charge in [0.15, 0.2) is 0 Å². The van der Waals surface area contributed by atoms with Gasteiger partial charge < -0.3 is 0 Å². The van der Waals surface area contributed by atoms with Crippen molar-refractivity contribution in [3.63, 3.8) is 0 Å². The summed E-state index contributed by atoms with van der Waals surface area (Å²) in [4.78, 5) is 0. The Bertz CT molecular complexity index is 329. The number of hydrogen-bond acceptors (Lipinski definition) is 0. The van der Waals surface area contributed by atoms with Crippen LogP contribution in [-0.4, -0.2) is 0 Å². The minimum atomic E-state index is -0.264. The fraction of sp³-hybridized carbons (Fsp3) is 0.111. The molecule has 0 bridgehead atoms. The molecule has 0 saturated carbocycles. The first-order valence-electron chi connectivity index (χ1n) is 3.42. The highest BCUT2D eigenvalue weighted by molar-refractivity contribution is 6.31. The molecule has 1 aromatic rings. The van der Waals surface area contributed by atoms with Gasteiger partial charge in [-0.25, -0.2) is 4.39 Å². The van der Waals surface area contributed by atoms with E-state index in [0.29, 0.717) is 5.02 Å². The van der Waals surface area contributed by atoms with Gasteiger partial charge in [0, 0.05) is 5.02 Å². The van der Waals surface area contributed by atoms with Crippen LogP contribution in [0.4, 0.5) is 4.39 Å². The van der Waals surface area contributed by atoms with Crippen LogP contribution in [0.3, 0.4) is 0 Å². The van der Waals surface area contributed by atoms with Crippen LogP contribution in [-0.2, 0) is 6.42 Å². The van der Waals surface area contributed by atoms with E-state index in [2.05, 4.69) is 0 Å². The van der Waals surface area contributed by atoms with E-state index in [1.165, 1.54) is 12.1 Å². The lowest BCUT2D eigenvalue weighted by molar-refractivity contribution is 0.627. The molecule has 56 valence electrons. The molecule has 1 aliphatic carbocycles. The largest absolute Gasteiger partial charge is 0.207 e. The summed E-state index contributed by atoms with van der Waals surface area (Å²) in [5.41, 5.74) is 1.95. The Morgan fingerprint density at radius 1 is 1.36 bits per heavy atom. The highest BCUT2D eigenvalue weighted by Gasteiger charge is 2.10. The average Bonchev–Trinajstić information content (AvgIpc) is 2.34. The number of allylic oxidation sites excluding steroid dienone is 1. The Hall–Kier alpha value is -0.820. The van der Waals surface area contributed by atoms with Crippen molar-refractivity contribution in [3.8, 4) is 0 Å². The van der Waals surface area contributed by atoms with Crippen LogP contribution in [0.5, 0.6) is 0 Å². The molecule has 0 N–H and O–H groups in total. The zero-order valence-corrected chi connectivity index (χ0v) is 6.53. The van der Waals surface area contributed by atoms with Gasteiger partial charge in [0.1, 0.15) is 5.82 Å². The molecule has 0 spiro atoms. The molecule has 0 saturated heterocycles. The Morgan fingerprint density at radius 2 is 2.18 bits per heavy atom. The minimum absolute atomic E-state index is 0.264. The van der Waals surface area contributed by atoms with Crippen molar-refractivity contribution < 1.29 is 4.39 Å². The third-order valence-electron chi connectivity index (χ3n) is 1.81. The summed E-state index contributed by atoms with van der Waals surface area (Å²) in [6.07, 6.45) is 4.70. The molecule has 0 heterocycles. The van der Waals surface area contributed by atoms with E-state index in [1.807, 2.05) is 12.2 Å². The number of benzene rings is 1. The first-order chi connectivity index (χ1) is 5.27. The lowest BCUT2D eigenvalue weighted by Crippen LogP contribution is -1.85. The number of fused-ring (bicyclic) bond motifs is 1. The topological polar surface area (TPSA) is 0 Å². The van der Waals surface area contributed by atoms with Crippen molar-refractivity contribution in [2.75, 3.05) is 0 Å². The highest BCUT2D eigenvalue weighted by atomic mass is 35.5. The van der Waals surface area contributed by atoms with Gasteiger partial charge in [-0.3, -0.25) is 0 Å². The minimum Gasteiger partial charge on any atom is -0.207 e. The van der Waals surface area contributed by atoms with E-state index in [1.54, 1.807) is 0 Å². The molecule has 11 heavy (non-hydrogen) atoms. The second-order valence-electron chi connectivity index (χ2n) is 2.56. The Labute approximate surface area is 69.3 Å². The lowest BCUT2D eigenvalue weighted by Gasteiger charge is -2.00. The van der Waals surface area contributed by atoms with Crippen LogP contribution in [0.25, 0.3) is 6.08 Å². The van der Waals surface area contributed by atoms with Crippen molar-refractivity contribution >= 4 is 17.7 Å². The normalized spacial score (nSPS) is 13.6. The molecule has 0 fully saturated rings. The van der Waals surface area contributed by atoms with Crippen molar-refractivity contribution in [2.45, 2.75) is 6.42 Å². The predicted molar refractivity (Wildman–Crippen MR) is 44.1 cm³/mol. The first kappa shape index (κ1) is 6.86. The van der Waals surface area contributed by atoms with E-state index in [4.69, 9.17) is 11.6 Å². The maximum atomic E-state index is 12.7. The van der Waals surface area contributed by atoms with Crippen molar-refractivity contribution in [1.82, 2.24) is 0 Å². The summed E-state index contributed by atoms with van der Waals surface area (Å²) in [6.45, 7) is 0. The van der Waals surface area contributed by atoms with E-state index in [9.17, 15) is 4.39 Å². The smallest absolute Gasteiger partial charge is 0.125 e. The van der Waals surface area contributed by atoms with E-state index in [-0.39, 0.29) is 5.82 Å². The van der Waals surface area contributed by atoms with Crippen LogP contribution < -0.4 is 0 Å². The third kappa shape index (κ3) is 1.05. The summed E-state index contributed by atoms with van der Waals surface area (Å²) in [6, 6.07) is 2.86. The Morgan fingerprint density at radius 3 is 3.00 bits per heavy atom. The van der Waals surface area contributed by atoms with Crippen molar-refractivity contribution in [3.05, 3.63) is 40.2 Å². The summed E-state index contributed by atoms with van der Waals surface area (Å²) in [7, 11) is 0. The molecule has 0 amide bonds. The summed E-state index contributed by atoms with van der Waals surface area (Å²) < 4.78 is 12.7. The van der Waals surface area contributed by atoms with Gasteiger partial charge in [0.05, 0.1) is 0 Å². The van der Waals surface area contributed by atoms with E-state index >= 15 is 0 Å². The van der Waals surface area contributed by atoms with Gasteiger partial charge in [0.2, 0.25) is 0 Å². The number of hydrogen-bond donors (Lipinski definition) is 0. The average molecular weight is 169 g/mol. The van der Waals surface area contributed by atoms with Crippen molar-refractivity contribution in [2.24, 2.45) is 0 Å². The summed E-state index contributed by atoms with van der Waals surface area (Å²) in [5, 5.41) is 0.532. The van der Waals surface area contributed by atoms with Crippen molar-refractivity contribution in [1.29, 1.82) is 0 Å². The Kier molecular flexibility index (Phi) is 1.46. The van der Waals surface area contributed by atoms with Gasteiger partial charge in [0.25, 0.3) is 0 Å². The molecule has 0 atom stereocenters. The third-order valence-corrected chi connectivity index (χ3v) is 2.15. The summed E-state index contributed by atoms with van der Waals surface area (Å²) in [5.74, 6) is -0.264. The van der Waals surface area contributed by atoms with Gasteiger partial charge in [-0.15, -0.1) is 0 Å². The second-order valence-corrected chi connectivity index (χ2v) is 2.97. The van der Waals surface area contributed by atoms with E-state index < -0.39 is 0 Å². The molecule has 0 aromatic heterocycles. The molecular formula is C9H6ClF. The number of halogens is 2. The van der Waals surface area contributed by atoms with Crippen LogP contribution >= 0.6 is 11.6 Å². The zero-order valence-electron chi connectivity index (χ0n) is 5.77. The molecule has 0 nitrogen and oxygen atoms in total. The fourth-order valence-electron chi connectivity index (χ4n) is 1.29. The molecule has 0 aliphatic heterocycles. The van der Waals surface area contributed by atoms with Crippen LogP contribution in [0, 0.1) is 5.82 Å². The standard InChI is InChI=1S/C9H6ClF/c10-9-5-7(11)4-6-2-1-3-8(6)9/h1-2,4-5H,3H2. The maximum Gasteiger partial charge on any atom is 0.125 e. The molecule has 2 rings (SSSR count). The van der Waals surface area contributed by atoms with Crippen LogP contribution in [0.15, 0.2) is 18.2 Å². The first-order valence-corrected chi connectivity index (χ1v) is 3.79.